The van der Waals surface area contributed by atoms with Crippen molar-refractivity contribution in [3.63, 3.8) is 0 Å². The number of hydrogen-bond acceptors (Lipinski definition) is 7. The van der Waals surface area contributed by atoms with Gasteiger partial charge in [-0.2, -0.15) is 0 Å². The second-order valence-corrected chi connectivity index (χ2v) is 11.4. The van der Waals surface area contributed by atoms with Crippen LogP contribution < -0.4 is 5.32 Å². The van der Waals surface area contributed by atoms with Crippen LogP contribution in [0.1, 0.15) is 25.7 Å². The quantitative estimate of drug-likeness (QED) is 0.329. The lowest BCUT2D eigenvalue weighted by Gasteiger charge is -2.24. The molecule has 0 spiro atoms. The lowest BCUT2D eigenvalue weighted by atomic mass is 10.3. The highest BCUT2D eigenvalue weighted by molar-refractivity contribution is 6.60. The fourth-order valence-electron chi connectivity index (χ4n) is 2.42. The molecule has 0 aromatic carbocycles. The first-order valence-electron chi connectivity index (χ1n) is 8.09. The van der Waals surface area contributed by atoms with Crippen LogP contribution in [0.4, 0.5) is 0 Å². The average molecular weight is 370 g/mol. The molecular formula is C14H35NO6Si2. The fraction of sp³-hybridized carbons (Fsp3) is 1.00. The van der Waals surface area contributed by atoms with Crippen molar-refractivity contribution in [3.8, 4) is 0 Å². The summed E-state index contributed by atoms with van der Waals surface area (Å²) in [7, 11) is 5.13. The Labute approximate surface area is 143 Å². The molecule has 7 nitrogen and oxygen atoms in total. The summed E-state index contributed by atoms with van der Waals surface area (Å²) in [6.07, 6.45) is 4.22. The molecule has 0 unspecified atom stereocenters. The Morgan fingerprint density at radius 1 is 0.522 bits per heavy atom. The van der Waals surface area contributed by atoms with Crippen LogP contribution in [-0.2, 0) is 26.6 Å². The molecule has 9 heteroatoms. The molecule has 0 amide bonds. The van der Waals surface area contributed by atoms with E-state index < -0.39 is 17.6 Å². The smallest absolute Gasteiger partial charge is 0.377 e. The molecule has 0 aliphatic rings. The van der Waals surface area contributed by atoms with Crippen molar-refractivity contribution < 1.29 is 26.6 Å². The molecule has 0 saturated heterocycles. The van der Waals surface area contributed by atoms with Crippen LogP contribution in [0.3, 0.4) is 0 Å². The topological polar surface area (TPSA) is 67.4 Å². The zero-order valence-electron chi connectivity index (χ0n) is 15.6. The number of hydrogen-bond donors (Lipinski definition) is 1. The van der Waals surface area contributed by atoms with Gasteiger partial charge in [-0.1, -0.05) is 0 Å². The second kappa shape index (κ2) is 13.4. The molecule has 0 bridgehead atoms. The van der Waals surface area contributed by atoms with Gasteiger partial charge in [0.2, 0.25) is 0 Å². The van der Waals surface area contributed by atoms with E-state index in [1.807, 2.05) is 0 Å². The lowest BCUT2D eigenvalue weighted by molar-refractivity contribution is 0.122. The van der Waals surface area contributed by atoms with E-state index in [0.29, 0.717) is 0 Å². The van der Waals surface area contributed by atoms with E-state index in [0.717, 1.165) is 50.9 Å². The third-order valence-corrected chi connectivity index (χ3v) is 9.70. The van der Waals surface area contributed by atoms with Crippen LogP contribution in [-0.4, -0.2) is 73.4 Å². The third kappa shape index (κ3) is 8.70. The Kier molecular flexibility index (Phi) is 13.5. The maximum atomic E-state index is 5.40. The Hall–Kier alpha value is 0.154. The van der Waals surface area contributed by atoms with Gasteiger partial charge in [-0.05, 0) is 38.8 Å². The van der Waals surface area contributed by atoms with Gasteiger partial charge < -0.3 is 31.9 Å². The maximum Gasteiger partial charge on any atom is 0.500 e. The highest BCUT2D eigenvalue weighted by atomic mass is 28.4. The van der Waals surface area contributed by atoms with Crippen LogP contribution in [0.5, 0.6) is 0 Å². The molecule has 0 rings (SSSR count). The van der Waals surface area contributed by atoms with E-state index in [4.69, 9.17) is 26.6 Å². The van der Waals surface area contributed by atoms with Gasteiger partial charge in [0, 0.05) is 54.7 Å². The highest BCUT2D eigenvalue weighted by Gasteiger charge is 2.37. The molecule has 23 heavy (non-hydrogen) atoms. The summed E-state index contributed by atoms with van der Waals surface area (Å²) < 4.78 is 32.4. The first-order valence-corrected chi connectivity index (χ1v) is 12.0. The average Bonchev–Trinajstić information content (AvgIpc) is 2.61. The highest BCUT2D eigenvalue weighted by Crippen LogP contribution is 2.17. The van der Waals surface area contributed by atoms with Crippen molar-refractivity contribution in [2.24, 2.45) is 0 Å². The molecular weight excluding hydrogens is 334 g/mol. The maximum absolute atomic E-state index is 5.40. The molecule has 1 N–H and O–H groups in total. The van der Waals surface area contributed by atoms with Gasteiger partial charge in [-0.15, -0.1) is 0 Å². The predicted molar refractivity (Wildman–Crippen MR) is 94.5 cm³/mol. The monoisotopic (exact) mass is 369 g/mol. The second-order valence-electron chi connectivity index (χ2n) is 5.25. The van der Waals surface area contributed by atoms with Crippen LogP contribution >= 0.6 is 0 Å². The summed E-state index contributed by atoms with van der Waals surface area (Å²) in [6, 6.07) is 1.70. The third-order valence-electron chi connectivity index (χ3n) is 4.04. The summed E-state index contributed by atoms with van der Waals surface area (Å²) in [6.45, 7) is 1.98. The molecule has 0 aliphatic heterocycles. The zero-order chi connectivity index (χ0) is 17.6. The molecule has 0 heterocycles. The largest absolute Gasteiger partial charge is 0.500 e. The molecule has 0 saturated carbocycles. The van der Waals surface area contributed by atoms with Crippen LogP contribution in [0.25, 0.3) is 0 Å². The van der Waals surface area contributed by atoms with Gasteiger partial charge in [0.25, 0.3) is 0 Å². The Bertz CT molecular complexity index is 235. The van der Waals surface area contributed by atoms with Crippen molar-refractivity contribution in [2.75, 3.05) is 55.7 Å². The molecule has 0 atom stereocenters. The van der Waals surface area contributed by atoms with E-state index >= 15 is 0 Å². The van der Waals surface area contributed by atoms with Gasteiger partial charge in [-0.3, -0.25) is 0 Å². The first-order chi connectivity index (χ1) is 11.1. The molecule has 0 aliphatic carbocycles. The minimum absolute atomic E-state index is 0.849. The predicted octanol–water partition coefficient (Wildman–Crippen LogP) is 1.89. The lowest BCUT2D eigenvalue weighted by Crippen LogP contribution is -2.42. The molecule has 0 fully saturated rings. The number of unbranched alkanes of at least 4 members (excludes halogenated alkanes) is 2. The molecule has 140 valence electrons. The standard InChI is InChI=1S/C14H35NO6Si2/c1-16-22(17-2,18-3)13-9-7-11-15-12-8-10-14-23(19-4,20-5)21-6/h15H,7-14H2,1-6H3. The summed E-state index contributed by atoms with van der Waals surface area (Å²) in [4.78, 5) is 0. The van der Waals surface area contributed by atoms with Gasteiger partial charge in [0.1, 0.15) is 0 Å². The Balaban J connectivity index is 3.64. The van der Waals surface area contributed by atoms with Crippen LogP contribution in [0.15, 0.2) is 0 Å². The summed E-state index contributed by atoms with van der Waals surface area (Å²) >= 11 is 0. The number of nitrogens with one attached hydrogen (secondary N) is 1. The normalized spacial score (nSPS) is 12.8. The van der Waals surface area contributed by atoms with E-state index in [-0.39, 0.29) is 0 Å². The van der Waals surface area contributed by atoms with E-state index in [1.165, 1.54) is 0 Å². The van der Waals surface area contributed by atoms with Crippen molar-refractivity contribution in [3.05, 3.63) is 0 Å². The molecule has 0 aromatic rings. The van der Waals surface area contributed by atoms with Gasteiger partial charge >= 0.3 is 17.6 Å². The first kappa shape index (κ1) is 23.2. The Morgan fingerprint density at radius 3 is 1.09 bits per heavy atom. The van der Waals surface area contributed by atoms with Gasteiger partial charge in [0.15, 0.2) is 0 Å². The van der Waals surface area contributed by atoms with E-state index in [2.05, 4.69) is 5.32 Å². The van der Waals surface area contributed by atoms with E-state index in [1.54, 1.807) is 42.7 Å². The van der Waals surface area contributed by atoms with Crippen LogP contribution in [0, 0.1) is 0 Å². The van der Waals surface area contributed by atoms with Gasteiger partial charge in [-0.25, -0.2) is 0 Å². The van der Waals surface area contributed by atoms with Crippen molar-refractivity contribution >= 4 is 17.6 Å². The SMILES string of the molecule is CO[Si](CCCCNCCCC[Si](OC)(OC)OC)(OC)OC. The number of rotatable bonds is 16. The summed E-state index contributed by atoms with van der Waals surface area (Å²) in [5, 5.41) is 3.45. The van der Waals surface area contributed by atoms with E-state index in [9.17, 15) is 0 Å². The van der Waals surface area contributed by atoms with Crippen LogP contribution in [0.2, 0.25) is 12.1 Å². The minimum Gasteiger partial charge on any atom is -0.377 e. The fourth-order valence-corrected chi connectivity index (χ4v) is 6.01. The molecule has 0 aromatic heterocycles. The zero-order valence-corrected chi connectivity index (χ0v) is 17.6. The minimum atomic E-state index is -2.40. The van der Waals surface area contributed by atoms with Crippen molar-refractivity contribution in [2.45, 2.75) is 37.8 Å². The van der Waals surface area contributed by atoms with Crippen molar-refractivity contribution in [1.82, 2.24) is 5.32 Å². The summed E-state index contributed by atoms with van der Waals surface area (Å²) in [5.41, 5.74) is 0. The Morgan fingerprint density at radius 2 is 0.826 bits per heavy atom. The van der Waals surface area contributed by atoms with Gasteiger partial charge in [0.05, 0.1) is 0 Å². The summed E-state index contributed by atoms with van der Waals surface area (Å²) in [5.74, 6) is 0. The van der Waals surface area contributed by atoms with Crippen molar-refractivity contribution in [1.29, 1.82) is 0 Å². The molecule has 0 radical (unpaired) electrons.